The van der Waals surface area contributed by atoms with Gasteiger partial charge in [0, 0.05) is 36.3 Å². The molecule has 0 atom stereocenters. The van der Waals surface area contributed by atoms with E-state index >= 15 is 0 Å². The van der Waals surface area contributed by atoms with E-state index in [1.165, 1.54) is 0 Å². The number of likely N-dealkylation sites (tertiary alicyclic amines) is 1. The summed E-state index contributed by atoms with van der Waals surface area (Å²) in [5, 5.41) is 13.0. The van der Waals surface area contributed by atoms with E-state index in [1.54, 1.807) is 24.3 Å². The fourth-order valence-electron chi connectivity index (χ4n) is 4.16. The van der Waals surface area contributed by atoms with E-state index in [4.69, 9.17) is 25.8 Å². The number of hydrogen-bond acceptors (Lipinski definition) is 6. The molecule has 0 bridgehead atoms. The van der Waals surface area contributed by atoms with Crippen molar-refractivity contribution in [2.45, 2.75) is 51.4 Å². The SMILES string of the molecule is COc1ccc(COc2cc3nccc(Cl)c3cc2C2(O)CCN(C(=O)OC(C)(C)C)CC2)cc1. The Morgan fingerprint density at radius 2 is 1.83 bits per heavy atom. The molecule has 4 rings (SSSR count). The summed E-state index contributed by atoms with van der Waals surface area (Å²) in [6, 6.07) is 13.0. The van der Waals surface area contributed by atoms with Crippen LogP contribution < -0.4 is 9.47 Å². The molecule has 2 aromatic carbocycles. The highest BCUT2D eigenvalue weighted by molar-refractivity contribution is 6.35. The van der Waals surface area contributed by atoms with Crippen LogP contribution in [0, 0.1) is 0 Å². The largest absolute Gasteiger partial charge is 0.497 e. The summed E-state index contributed by atoms with van der Waals surface area (Å²) >= 11 is 6.45. The minimum atomic E-state index is -1.19. The summed E-state index contributed by atoms with van der Waals surface area (Å²) in [7, 11) is 1.62. The van der Waals surface area contributed by atoms with Crippen LogP contribution in [0.5, 0.6) is 11.5 Å². The van der Waals surface area contributed by atoms with Crippen LogP contribution in [0.15, 0.2) is 48.7 Å². The minimum Gasteiger partial charge on any atom is -0.497 e. The van der Waals surface area contributed by atoms with E-state index in [-0.39, 0.29) is 6.09 Å². The van der Waals surface area contributed by atoms with Gasteiger partial charge in [-0.05, 0) is 63.4 Å². The number of hydrogen-bond donors (Lipinski definition) is 1. The van der Waals surface area contributed by atoms with Crippen LogP contribution in [0.1, 0.15) is 44.7 Å². The molecule has 1 aliphatic rings. The van der Waals surface area contributed by atoms with Gasteiger partial charge in [-0.15, -0.1) is 0 Å². The zero-order valence-electron chi connectivity index (χ0n) is 20.5. The number of piperidine rings is 1. The second-order valence-electron chi connectivity index (χ2n) is 9.79. The Labute approximate surface area is 210 Å². The van der Waals surface area contributed by atoms with Crippen molar-refractivity contribution in [1.29, 1.82) is 0 Å². The van der Waals surface area contributed by atoms with Gasteiger partial charge in [0.05, 0.1) is 23.3 Å². The molecule has 7 nitrogen and oxygen atoms in total. The summed E-state index contributed by atoms with van der Waals surface area (Å²) in [5.41, 5.74) is 0.511. The van der Waals surface area contributed by atoms with Crippen LogP contribution in [0.25, 0.3) is 10.9 Å². The number of ether oxygens (including phenoxy) is 3. The lowest BCUT2D eigenvalue weighted by molar-refractivity contribution is -0.0369. The first-order chi connectivity index (χ1) is 16.6. The molecular formula is C27H31ClN2O5. The molecule has 0 saturated carbocycles. The maximum absolute atomic E-state index is 12.5. The summed E-state index contributed by atoms with van der Waals surface area (Å²) in [6.07, 6.45) is 1.95. The van der Waals surface area contributed by atoms with Crippen molar-refractivity contribution < 1.29 is 24.1 Å². The van der Waals surface area contributed by atoms with E-state index in [0.29, 0.717) is 54.4 Å². The van der Waals surface area contributed by atoms with Crippen molar-refractivity contribution in [3.8, 4) is 11.5 Å². The predicted molar refractivity (Wildman–Crippen MR) is 135 cm³/mol. The number of aliphatic hydroxyl groups is 1. The number of nitrogens with zero attached hydrogens (tertiary/aromatic N) is 2. The first-order valence-corrected chi connectivity index (χ1v) is 12.0. The van der Waals surface area contributed by atoms with Gasteiger partial charge in [-0.1, -0.05) is 23.7 Å². The Balaban J connectivity index is 1.61. The van der Waals surface area contributed by atoms with Crippen LogP contribution in [0.2, 0.25) is 5.02 Å². The quantitative estimate of drug-likeness (QED) is 0.486. The Morgan fingerprint density at radius 3 is 2.46 bits per heavy atom. The number of carbonyl (C=O) groups excluding carboxylic acids is 1. The molecule has 1 N–H and O–H groups in total. The van der Waals surface area contributed by atoms with Crippen molar-refractivity contribution in [1.82, 2.24) is 9.88 Å². The fraction of sp³-hybridized carbons (Fsp3) is 0.407. The zero-order valence-corrected chi connectivity index (χ0v) is 21.3. The summed E-state index contributed by atoms with van der Waals surface area (Å²) < 4.78 is 16.9. The van der Waals surface area contributed by atoms with Crippen molar-refractivity contribution in [2.24, 2.45) is 0 Å². The molecule has 1 aliphatic heterocycles. The van der Waals surface area contributed by atoms with Gasteiger partial charge in [-0.2, -0.15) is 0 Å². The van der Waals surface area contributed by atoms with Crippen LogP contribution in [-0.2, 0) is 16.9 Å². The normalized spacial score (nSPS) is 15.7. The first kappa shape index (κ1) is 25.1. The summed E-state index contributed by atoms with van der Waals surface area (Å²) in [6.45, 7) is 6.55. The lowest BCUT2D eigenvalue weighted by Crippen LogP contribution is -2.46. The van der Waals surface area contributed by atoms with Gasteiger partial charge < -0.3 is 24.2 Å². The van der Waals surface area contributed by atoms with Crippen LogP contribution in [0.3, 0.4) is 0 Å². The van der Waals surface area contributed by atoms with E-state index in [9.17, 15) is 9.90 Å². The van der Waals surface area contributed by atoms with Crippen LogP contribution in [0.4, 0.5) is 4.79 Å². The van der Waals surface area contributed by atoms with E-state index in [1.807, 2.05) is 57.2 Å². The molecule has 2 heterocycles. The molecule has 0 spiro atoms. The van der Waals surface area contributed by atoms with Crippen molar-refractivity contribution in [3.05, 3.63) is 64.8 Å². The molecule has 1 aromatic heterocycles. The Bertz CT molecular complexity index is 1200. The smallest absolute Gasteiger partial charge is 0.410 e. The number of methoxy groups -OCH3 is 1. The van der Waals surface area contributed by atoms with Gasteiger partial charge >= 0.3 is 6.09 Å². The molecular weight excluding hydrogens is 468 g/mol. The van der Waals surface area contributed by atoms with Crippen LogP contribution >= 0.6 is 11.6 Å². The van der Waals surface area contributed by atoms with Gasteiger partial charge in [0.2, 0.25) is 0 Å². The monoisotopic (exact) mass is 498 g/mol. The summed E-state index contributed by atoms with van der Waals surface area (Å²) in [4.78, 5) is 18.6. The van der Waals surface area contributed by atoms with E-state index in [0.717, 1.165) is 16.7 Å². The minimum absolute atomic E-state index is 0.309. The van der Waals surface area contributed by atoms with Gasteiger partial charge in [0.15, 0.2) is 0 Å². The van der Waals surface area contributed by atoms with Gasteiger partial charge in [0.25, 0.3) is 0 Å². The Kier molecular flexibility index (Phi) is 7.10. The molecule has 1 amide bonds. The molecule has 0 aliphatic carbocycles. The van der Waals surface area contributed by atoms with Gasteiger partial charge in [0.1, 0.15) is 23.7 Å². The molecule has 0 unspecified atom stereocenters. The second-order valence-corrected chi connectivity index (χ2v) is 10.2. The molecule has 186 valence electrons. The Hall–Kier alpha value is -3.03. The molecule has 1 fully saturated rings. The third-order valence-electron chi connectivity index (χ3n) is 6.09. The number of benzene rings is 2. The second kappa shape index (κ2) is 9.91. The number of pyridine rings is 1. The Morgan fingerprint density at radius 1 is 1.14 bits per heavy atom. The van der Waals surface area contributed by atoms with Gasteiger partial charge in [-0.25, -0.2) is 4.79 Å². The third-order valence-corrected chi connectivity index (χ3v) is 6.42. The lowest BCUT2D eigenvalue weighted by Gasteiger charge is -2.39. The van der Waals surface area contributed by atoms with Crippen molar-refractivity contribution in [3.63, 3.8) is 0 Å². The van der Waals surface area contributed by atoms with Crippen molar-refractivity contribution in [2.75, 3.05) is 20.2 Å². The highest BCUT2D eigenvalue weighted by Crippen LogP contribution is 2.41. The number of amides is 1. The lowest BCUT2D eigenvalue weighted by atomic mass is 9.83. The van der Waals surface area contributed by atoms with Gasteiger partial charge in [-0.3, -0.25) is 4.98 Å². The summed E-state index contributed by atoms with van der Waals surface area (Å²) in [5.74, 6) is 1.31. The highest BCUT2D eigenvalue weighted by atomic mass is 35.5. The highest BCUT2D eigenvalue weighted by Gasteiger charge is 2.39. The van der Waals surface area contributed by atoms with E-state index in [2.05, 4.69) is 4.98 Å². The maximum Gasteiger partial charge on any atom is 0.410 e. The van der Waals surface area contributed by atoms with Crippen LogP contribution in [-0.4, -0.2) is 46.9 Å². The first-order valence-electron chi connectivity index (χ1n) is 11.6. The van der Waals surface area contributed by atoms with E-state index < -0.39 is 11.2 Å². The number of rotatable bonds is 5. The average molecular weight is 499 g/mol. The zero-order chi connectivity index (χ0) is 25.2. The molecule has 35 heavy (non-hydrogen) atoms. The molecule has 1 saturated heterocycles. The molecule has 3 aromatic rings. The standard InChI is InChI=1S/C27H31ClN2O5/c1-26(2,3)35-25(31)30-13-10-27(32,11-14-30)21-15-20-22(28)9-12-29-23(20)16-24(21)34-17-18-5-7-19(33-4)8-6-18/h5-9,12,15-16,32H,10-11,13-14,17H2,1-4H3. The molecule has 8 heteroatoms. The number of fused-ring (bicyclic) bond motifs is 1. The third kappa shape index (κ3) is 5.80. The topological polar surface area (TPSA) is 81.1 Å². The number of halogens is 1. The number of carbonyl (C=O) groups is 1. The fourth-order valence-corrected chi connectivity index (χ4v) is 4.37. The predicted octanol–water partition coefficient (Wildman–Crippen LogP) is 5.69. The number of aromatic nitrogens is 1. The average Bonchev–Trinajstić information content (AvgIpc) is 2.82. The molecule has 0 radical (unpaired) electrons. The maximum atomic E-state index is 12.5. The van der Waals surface area contributed by atoms with Crippen molar-refractivity contribution >= 4 is 28.6 Å².